The number of nitrogens with zero attached hydrogens (tertiary/aromatic N) is 2. The number of aryl methyl sites for hydroxylation is 1. The van der Waals surface area contributed by atoms with Gasteiger partial charge in [-0.2, -0.15) is 0 Å². The maximum absolute atomic E-state index is 12.8. The maximum atomic E-state index is 12.8. The first-order valence-corrected chi connectivity index (χ1v) is 8.22. The summed E-state index contributed by atoms with van der Waals surface area (Å²) in [5.41, 5.74) is 3.67. The van der Waals surface area contributed by atoms with Crippen molar-refractivity contribution in [1.82, 2.24) is 10.1 Å². The lowest BCUT2D eigenvalue weighted by molar-refractivity contribution is 0.101. The van der Waals surface area contributed by atoms with E-state index in [0.717, 1.165) is 18.5 Å². The van der Waals surface area contributed by atoms with E-state index in [1.54, 1.807) is 31.2 Å². The topological polar surface area (TPSA) is 85.1 Å². The number of rotatable bonds is 4. The molecule has 0 radical (unpaired) electrons. The zero-order chi connectivity index (χ0) is 17.6. The summed E-state index contributed by atoms with van der Waals surface area (Å²) >= 11 is 0. The number of hydrogen-bond acceptors (Lipinski definition) is 5. The second-order valence-corrected chi connectivity index (χ2v) is 6.40. The first-order valence-electron chi connectivity index (χ1n) is 8.22. The van der Waals surface area contributed by atoms with Crippen LogP contribution in [0.4, 0.5) is 5.69 Å². The van der Waals surface area contributed by atoms with E-state index in [9.17, 15) is 9.59 Å². The van der Waals surface area contributed by atoms with Gasteiger partial charge < -0.3 is 9.84 Å². The minimum atomic E-state index is -0.240. The molecule has 1 aliphatic rings. The number of carbonyl (C=O) groups excluding carboxylic acids is 2. The fourth-order valence-electron chi connectivity index (χ4n) is 2.87. The summed E-state index contributed by atoms with van der Waals surface area (Å²) in [5, 5.41) is 7.46. The number of aromatic nitrogens is 2. The van der Waals surface area contributed by atoms with Crippen molar-refractivity contribution in [2.45, 2.75) is 32.6 Å². The number of fused-ring (bicyclic) bond motifs is 1. The largest absolute Gasteiger partial charge is 0.336 e. The number of pyridine rings is 1. The molecule has 25 heavy (non-hydrogen) atoms. The lowest BCUT2D eigenvalue weighted by atomic mass is 10.1. The second-order valence-electron chi connectivity index (χ2n) is 6.40. The van der Waals surface area contributed by atoms with E-state index in [1.807, 2.05) is 6.07 Å². The van der Waals surface area contributed by atoms with Gasteiger partial charge in [0.2, 0.25) is 0 Å². The molecule has 1 saturated carbocycles. The van der Waals surface area contributed by atoms with Gasteiger partial charge in [-0.05, 0) is 57.0 Å². The van der Waals surface area contributed by atoms with Crippen molar-refractivity contribution in [3.8, 4) is 0 Å². The fraction of sp³-hybridized carbons (Fsp3) is 0.263. The highest BCUT2D eigenvalue weighted by Crippen LogP contribution is 2.40. The van der Waals surface area contributed by atoms with Crippen LogP contribution in [0.1, 0.15) is 57.8 Å². The molecule has 1 fully saturated rings. The lowest BCUT2D eigenvalue weighted by Crippen LogP contribution is -2.13. The Hall–Kier alpha value is -3.02. The van der Waals surface area contributed by atoms with E-state index in [2.05, 4.69) is 15.5 Å². The molecule has 6 nitrogen and oxygen atoms in total. The first kappa shape index (κ1) is 15.5. The summed E-state index contributed by atoms with van der Waals surface area (Å²) in [6, 6.07) is 8.66. The van der Waals surface area contributed by atoms with E-state index < -0.39 is 0 Å². The highest BCUT2D eigenvalue weighted by atomic mass is 16.5. The quantitative estimate of drug-likeness (QED) is 0.732. The molecular formula is C19H17N3O3. The number of nitrogens with one attached hydrogen (secondary N) is 1. The van der Waals surface area contributed by atoms with E-state index in [0.29, 0.717) is 39.5 Å². The van der Waals surface area contributed by atoms with Gasteiger partial charge >= 0.3 is 0 Å². The molecule has 0 unspecified atom stereocenters. The van der Waals surface area contributed by atoms with Crippen LogP contribution in [0.5, 0.6) is 0 Å². The van der Waals surface area contributed by atoms with Gasteiger partial charge in [-0.25, -0.2) is 4.98 Å². The molecular weight excluding hydrogens is 318 g/mol. The summed E-state index contributed by atoms with van der Waals surface area (Å²) in [6.45, 7) is 3.30. The Morgan fingerprint density at radius 3 is 2.56 bits per heavy atom. The number of hydrogen-bond donors (Lipinski definition) is 1. The molecule has 0 aliphatic heterocycles. The zero-order valence-corrected chi connectivity index (χ0v) is 14.0. The van der Waals surface area contributed by atoms with E-state index in [-0.39, 0.29) is 11.7 Å². The molecule has 1 aromatic carbocycles. The molecule has 2 aromatic heterocycles. The van der Waals surface area contributed by atoms with Crippen molar-refractivity contribution in [3.63, 3.8) is 0 Å². The Balaban J connectivity index is 1.69. The molecule has 3 aromatic rings. The fourth-order valence-corrected chi connectivity index (χ4v) is 2.87. The third-order valence-electron chi connectivity index (χ3n) is 4.43. The van der Waals surface area contributed by atoms with E-state index >= 15 is 0 Å². The van der Waals surface area contributed by atoms with Crippen LogP contribution in [0, 0.1) is 6.92 Å². The average molecular weight is 335 g/mol. The number of Topliss-reactive ketones (excluding diaryl/α,β-unsaturated/α-hetero) is 1. The predicted molar refractivity (Wildman–Crippen MR) is 92.9 cm³/mol. The monoisotopic (exact) mass is 335 g/mol. The molecule has 6 heteroatoms. The lowest BCUT2D eigenvalue weighted by Gasteiger charge is -2.08. The molecule has 126 valence electrons. The summed E-state index contributed by atoms with van der Waals surface area (Å²) in [5.74, 6) is 0.148. The van der Waals surface area contributed by atoms with Gasteiger partial charge in [0, 0.05) is 22.9 Å². The van der Waals surface area contributed by atoms with E-state index in [1.165, 1.54) is 6.92 Å². The summed E-state index contributed by atoms with van der Waals surface area (Å²) in [7, 11) is 0. The maximum Gasteiger partial charge on any atom is 0.259 e. The van der Waals surface area contributed by atoms with Crippen LogP contribution in [0.15, 0.2) is 34.9 Å². The smallest absolute Gasteiger partial charge is 0.259 e. The molecule has 4 rings (SSSR count). The molecule has 1 aliphatic carbocycles. The highest BCUT2D eigenvalue weighted by Gasteiger charge is 2.28. The predicted octanol–water partition coefficient (Wildman–Crippen LogP) is 3.86. The minimum Gasteiger partial charge on any atom is -0.336 e. The summed E-state index contributed by atoms with van der Waals surface area (Å²) in [6.07, 6.45) is 2.17. The van der Waals surface area contributed by atoms with Crippen molar-refractivity contribution >= 4 is 28.5 Å². The van der Waals surface area contributed by atoms with Crippen molar-refractivity contribution in [2.75, 3.05) is 5.32 Å². The summed E-state index contributed by atoms with van der Waals surface area (Å²) < 4.78 is 5.27. The Morgan fingerprint density at radius 2 is 1.92 bits per heavy atom. The highest BCUT2D eigenvalue weighted by molar-refractivity contribution is 6.12. The minimum absolute atomic E-state index is 0.0112. The van der Waals surface area contributed by atoms with Crippen molar-refractivity contribution < 1.29 is 14.1 Å². The number of amides is 1. The number of anilines is 1. The van der Waals surface area contributed by atoms with Crippen LogP contribution >= 0.6 is 0 Å². The zero-order valence-electron chi connectivity index (χ0n) is 14.0. The van der Waals surface area contributed by atoms with Crippen LogP contribution in [0.25, 0.3) is 11.1 Å². The Bertz CT molecular complexity index is 985. The Morgan fingerprint density at radius 1 is 1.20 bits per heavy atom. The second kappa shape index (κ2) is 5.81. The molecule has 1 amide bonds. The number of benzene rings is 1. The molecule has 0 saturated heterocycles. The Labute approximate surface area is 144 Å². The molecule has 0 spiro atoms. The SMILES string of the molecule is CC(=O)c1ccc(NC(=O)c2cc(C3CC3)nc3onc(C)c23)cc1. The van der Waals surface area contributed by atoms with Gasteiger partial charge in [0.1, 0.15) is 0 Å². The third-order valence-corrected chi connectivity index (χ3v) is 4.43. The number of carbonyl (C=O) groups is 2. The summed E-state index contributed by atoms with van der Waals surface area (Å²) in [4.78, 5) is 28.7. The Kier molecular flexibility index (Phi) is 3.60. The third kappa shape index (κ3) is 2.91. The van der Waals surface area contributed by atoms with Crippen LogP contribution in [-0.2, 0) is 0 Å². The standard InChI is InChI=1S/C19H17N3O3/c1-10-17-15(9-16(13-3-4-13)21-19(17)25-22-10)18(24)20-14-7-5-12(6-8-14)11(2)23/h5-9,13H,3-4H2,1-2H3,(H,20,24). The molecule has 0 bridgehead atoms. The van der Waals surface area contributed by atoms with Crippen molar-refractivity contribution in [2.24, 2.45) is 0 Å². The van der Waals surface area contributed by atoms with Crippen LogP contribution in [0.2, 0.25) is 0 Å². The molecule has 0 atom stereocenters. The first-order chi connectivity index (χ1) is 12.0. The van der Waals surface area contributed by atoms with Crippen molar-refractivity contribution in [3.05, 3.63) is 52.8 Å². The van der Waals surface area contributed by atoms with Gasteiger partial charge in [0.15, 0.2) is 5.78 Å². The van der Waals surface area contributed by atoms with Crippen molar-refractivity contribution in [1.29, 1.82) is 0 Å². The van der Waals surface area contributed by atoms with Crippen LogP contribution in [-0.4, -0.2) is 21.8 Å². The van der Waals surface area contributed by atoms with Gasteiger partial charge in [-0.15, -0.1) is 0 Å². The normalized spacial score (nSPS) is 13.8. The van der Waals surface area contributed by atoms with Gasteiger partial charge in [-0.3, -0.25) is 9.59 Å². The van der Waals surface area contributed by atoms with Crippen LogP contribution in [0.3, 0.4) is 0 Å². The van der Waals surface area contributed by atoms with Gasteiger partial charge in [0.25, 0.3) is 11.6 Å². The number of ketones is 1. The van der Waals surface area contributed by atoms with Gasteiger partial charge in [-0.1, -0.05) is 5.16 Å². The van der Waals surface area contributed by atoms with E-state index in [4.69, 9.17) is 4.52 Å². The molecule has 1 N–H and O–H groups in total. The molecule has 2 heterocycles. The van der Waals surface area contributed by atoms with Crippen LogP contribution < -0.4 is 5.32 Å². The average Bonchev–Trinajstić information content (AvgIpc) is 3.38. The van der Waals surface area contributed by atoms with Gasteiger partial charge in [0.05, 0.1) is 16.6 Å².